The lowest BCUT2D eigenvalue weighted by Crippen LogP contribution is -2.29. The van der Waals surface area contributed by atoms with Crippen LogP contribution in [-0.4, -0.2) is 28.9 Å². The lowest BCUT2D eigenvalue weighted by atomic mass is 9.85. The van der Waals surface area contributed by atoms with E-state index in [0.29, 0.717) is 32.5 Å². The van der Waals surface area contributed by atoms with Gasteiger partial charge in [-0.05, 0) is 46.9 Å². The molecule has 0 bridgehead atoms. The van der Waals surface area contributed by atoms with Crippen LogP contribution in [0, 0.1) is 0 Å². The molecular weight excluding hydrogens is 508 g/mol. The van der Waals surface area contributed by atoms with Gasteiger partial charge in [-0.2, -0.15) is 0 Å². The number of amides is 1. The Kier molecular flexibility index (Phi) is 6.30. The number of aliphatic hydroxyl groups excluding tert-OH is 1. The smallest absolute Gasteiger partial charge is 0.301 e. The van der Waals surface area contributed by atoms with Gasteiger partial charge in [-0.3, -0.25) is 14.5 Å². The van der Waals surface area contributed by atoms with E-state index in [9.17, 15) is 14.7 Å². The Balaban J connectivity index is 1.72. The number of hydrogen-bond acceptors (Lipinski definition) is 6. The highest BCUT2D eigenvalue weighted by molar-refractivity contribution is 7.22. The molecule has 1 atom stereocenters. The van der Waals surface area contributed by atoms with Gasteiger partial charge < -0.3 is 9.84 Å². The van der Waals surface area contributed by atoms with Crippen LogP contribution in [0.25, 0.3) is 16.0 Å². The number of halogens is 1. The summed E-state index contributed by atoms with van der Waals surface area (Å²) in [4.78, 5) is 32.9. The van der Waals surface area contributed by atoms with Crippen molar-refractivity contribution < 1.29 is 19.4 Å². The molecule has 8 heteroatoms. The topological polar surface area (TPSA) is 79.7 Å². The van der Waals surface area contributed by atoms with E-state index in [-0.39, 0.29) is 16.7 Å². The van der Waals surface area contributed by atoms with Crippen molar-refractivity contribution in [3.05, 3.63) is 94.0 Å². The number of fused-ring (bicyclic) bond motifs is 1. The van der Waals surface area contributed by atoms with E-state index in [1.54, 1.807) is 42.5 Å². The molecule has 0 spiro atoms. The fraction of sp³-hybridized carbons (Fsp3) is 0.207. The highest BCUT2D eigenvalue weighted by Gasteiger charge is 2.48. The lowest BCUT2D eigenvalue weighted by molar-refractivity contribution is -0.132. The Hall–Kier alpha value is -3.68. The predicted molar refractivity (Wildman–Crippen MR) is 148 cm³/mol. The minimum absolute atomic E-state index is 0.000879. The van der Waals surface area contributed by atoms with Crippen molar-refractivity contribution in [2.45, 2.75) is 32.2 Å². The summed E-state index contributed by atoms with van der Waals surface area (Å²) < 4.78 is 6.08. The fourth-order valence-corrected chi connectivity index (χ4v) is 5.69. The molecule has 3 aromatic carbocycles. The second-order valence-corrected chi connectivity index (χ2v) is 11.3. The van der Waals surface area contributed by atoms with Crippen LogP contribution in [0.4, 0.5) is 5.13 Å². The van der Waals surface area contributed by atoms with Gasteiger partial charge in [0.05, 0.1) is 28.9 Å². The molecule has 2 heterocycles. The monoisotopic (exact) mass is 532 g/mol. The number of nitrogens with zero attached hydrogens (tertiary/aromatic N) is 2. The predicted octanol–water partition coefficient (Wildman–Crippen LogP) is 6.88. The van der Waals surface area contributed by atoms with Crippen molar-refractivity contribution >= 4 is 55.7 Å². The zero-order valence-electron chi connectivity index (χ0n) is 20.8. The molecule has 1 saturated heterocycles. The van der Waals surface area contributed by atoms with E-state index < -0.39 is 17.7 Å². The molecular formula is C29H25ClN2O4S. The first-order chi connectivity index (χ1) is 17.6. The zero-order valence-corrected chi connectivity index (χ0v) is 22.4. The number of aliphatic hydroxyl groups is 1. The molecule has 6 nitrogen and oxygen atoms in total. The van der Waals surface area contributed by atoms with Crippen molar-refractivity contribution in [2.75, 3.05) is 12.0 Å². The summed E-state index contributed by atoms with van der Waals surface area (Å²) in [6, 6.07) is 18.9. The molecule has 1 amide bonds. The number of ketones is 1. The van der Waals surface area contributed by atoms with E-state index in [1.165, 1.54) is 23.3 Å². The van der Waals surface area contributed by atoms with Crippen molar-refractivity contribution in [2.24, 2.45) is 0 Å². The Morgan fingerprint density at radius 3 is 2.46 bits per heavy atom. The number of carbonyl (C=O) groups is 2. The van der Waals surface area contributed by atoms with Crippen LogP contribution in [0.5, 0.6) is 5.75 Å². The number of methoxy groups -OCH3 is 1. The number of ether oxygens (including phenoxy) is 1. The van der Waals surface area contributed by atoms with E-state index in [4.69, 9.17) is 16.3 Å². The average Bonchev–Trinajstić information content (AvgIpc) is 3.40. The third kappa shape index (κ3) is 4.49. The second kappa shape index (κ2) is 9.32. The third-order valence-electron chi connectivity index (χ3n) is 6.43. The van der Waals surface area contributed by atoms with Crippen molar-refractivity contribution in [1.29, 1.82) is 0 Å². The summed E-state index contributed by atoms with van der Waals surface area (Å²) >= 11 is 7.44. The van der Waals surface area contributed by atoms with Crippen molar-refractivity contribution in [3.63, 3.8) is 0 Å². The lowest BCUT2D eigenvalue weighted by Gasteiger charge is -2.24. The first-order valence-electron chi connectivity index (χ1n) is 11.7. The van der Waals surface area contributed by atoms with E-state index in [0.717, 1.165) is 10.3 Å². The Bertz CT molecular complexity index is 1570. The maximum absolute atomic E-state index is 13.5. The molecule has 1 aliphatic rings. The van der Waals surface area contributed by atoms with Gasteiger partial charge in [-0.25, -0.2) is 4.98 Å². The Morgan fingerprint density at radius 2 is 1.78 bits per heavy atom. The number of thiazole rings is 1. The van der Waals surface area contributed by atoms with Crippen LogP contribution in [0.3, 0.4) is 0 Å². The van der Waals surface area contributed by atoms with Gasteiger partial charge in [0.2, 0.25) is 0 Å². The van der Waals surface area contributed by atoms with Gasteiger partial charge in [0, 0.05) is 10.6 Å². The van der Waals surface area contributed by atoms with Gasteiger partial charge in [0.1, 0.15) is 11.5 Å². The first kappa shape index (κ1) is 25.0. The van der Waals surface area contributed by atoms with Gasteiger partial charge in [-0.1, -0.05) is 80.1 Å². The first-order valence-corrected chi connectivity index (χ1v) is 12.9. The second-order valence-electron chi connectivity index (χ2n) is 9.88. The summed E-state index contributed by atoms with van der Waals surface area (Å²) in [5, 5.41) is 12.3. The highest BCUT2D eigenvalue weighted by Crippen LogP contribution is 2.45. The standard InChI is InChI=1S/C29H25ClN2O4S/c1-29(2,3)18-10-8-16(9-11-18)24-23(25(33)17-6-5-7-20(14-17)36-4)26(34)27(35)32(24)28-31-21-13-12-19(30)15-22(21)37-28/h5-15,24,33H,1-4H3/b25-23+. The van der Waals surface area contributed by atoms with Crippen LogP contribution in [0.1, 0.15) is 43.5 Å². The maximum atomic E-state index is 13.5. The number of benzene rings is 3. The Morgan fingerprint density at radius 1 is 1.05 bits per heavy atom. The Labute approximate surface area is 223 Å². The van der Waals surface area contributed by atoms with Crippen LogP contribution in [0.2, 0.25) is 5.02 Å². The molecule has 37 heavy (non-hydrogen) atoms. The average molecular weight is 533 g/mol. The molecule has 1 N–H and O–H groups in total. The summed E-state index contributed by atoms with van der Waals surface area (Å²) in [7, 11) is 1.52. The molecule has 1 fully saturated rings. The van der Waals surface area contributed by atoms with Gasteiger partial charge >= 0.3 is 5.91 Å². The summed E-state index contributed by atoms with van der Waals surface area (Å²) in [6.45, 7) is 6.34. The van der Waals surface area contributed by atoms with E-state index in [2.05, 4.69) is 25.8 Å². The minimum atomic E-state index is -0.865. The van der Waals surface area contributed by atoms with E-state index in [1.807, 2.05) is 24.3 Å². The number of Topliss-reactive ketones (excluding diaryl/α,β-unsaturated/α-hetero) is 1. The molecule has 0 aliphatic carbocycles. The SMILES string of the molecule is COc1cccc(/C(O)=C2\C(=O)C(=O)N(c3nc4ccc(Cl)cc4s3)C2c2ccc(C(C)(C)C)cc2)c1. The normalized spacial score (nSPS) is 17.5. The summed E-state index contributed by atoms with van der Waals surface area (Å²) in [5.74, 6) is -1.27. The summed E-state index contributed by atoms with van der Waals surface area (Å²) in [5.41, 5.74) is 2.77. The van der Waals surface area contributed by atoms with Crippen LogP contribution >= 0.6 is 22.9 Å². The molecule has 1 aromatic heterocycles. The molecule has 5 rings (SSSR count). The van der Waals surface area contributed by atoms with Crippen LogP contribution in [0.15, 0.2) is 72.3 Å². The molecule has 0 radical (unpaired) electrons. The van der Waals surface area contributed by atoms with Crippen molar-refractivity contribution in [3.8, 4) is 5.75 Å². The number of hydrogen-bond donors (Lipinski definition) is 1. The number of carbonyl (C=O) groups excluding carboxylic acids is 2. The third-order valence-corrected chi connectivity index (χ3v) is 7.68. The van der Waals surface area contributed by atoms with Gasteiger partial charge in [0.15, 0.2) is 5.13 Å². The van der Waals surface area contributed by atoms with Crippen molar-refractivity contribution in [1.82, 2.24) is 4.98 Å². The highest BCUT2D eigenvalue weighted by atomic mass is 35.5. The van der Waals surface area contributed by atoms with E-state index >= 15 is 0 Å². The zero-order chi connectivity index (χ0) is 26.5. The molecule has 1 unspecified atom stereocenters. The van der Waals surface area contributed by atoms with Gasteiger partial charge in [0.25, 0.3) is 5.78 Å². The number of aromatic nitrogens is 1. The quantitative estimate of drug-likeness (QED) is 0.176. The molecule has 1 aliphatic heterocycles. The fourth-order valence-electron chi connectivity index (χ4n) is 4.43. The minimum Gasteiger partial charge on any atom is -0.507 e. The molecule has 4 aromatic rings. The molecule has 188 valence electrons. The molecule has 0 saturated carbocycles. The number of anilines is 1. The summed E-state index contributed by atoms with van der Waals surface area (Å²) in [6.07, 6.45) is 0. The van der Waals surface area contributed by atoms with Crippen LogP contribution in [-0.2, 0) is 15.0 Å². The number of rotatable bonds is 4. The maximum Gasteiger partial charge on any atom is 0.301 e. The largest absolute Gasteiger partial charge is 0.507 e. The van der Waals surface area contributed by atoms with Crippen LogP contribution < -0.4 is 9.64 Å². The van der Waals surface area contributed by atoms with Gasteiger partial charge in [-0.15, -0.1) is 0 Å².